The van der Waals surface area contributed by atoms with Crippen molar-refractivity contribution in [3.8, 4) is 0 Å². The lowest BCUT2D eigenvalue weighted by Crippen LogP contribution is -2.27. The summed E-state index contributed by atoms with van der Waals surface area (Å²) >= 11 is 6.63. The largest absolute Gasteiger partial charge is 0.342 e. The number of carbonyl (C=O) groups is 1. The molecule has 1 fully saturated rings. The molecule has 1 saturated heterocycles. The molecule has 1 aliphatic rings. The summed E-state index contributed by atoms with van der Waals surface area (Å²) in [7, 11) is 0. The van der Waals surface area contributed by atoms with E-state index in [2.05, 4.69) is 11.1 Å². The Labute approximate surface area is 172 Å². The van der Waals surface area contributed by atoms with Gasteiger partial charge in [-0.25, -0.2) is 4.39 Å². The molecule has 140 valence electrons. The fourth-order valence-corrected chi connectivity index (χ4v) is 4.50. The average Bonchev–Trinajstić information content (AvgIpc) is 3.17. The van der Waals surface area contributed by atoms with Gasteiger partial charge in [0.2, 0.25) is 0 Å². The van der Waals surface area contributed by atoms with Crippen molar-refractivity contribution in [1.29, 1.82) is 0 Å². The quantitative estimate of drug-likeness (QED) is 0.329. The van der Waals surface area contributed by atoms with Crippen molar-refractivity contribution in [3.05, 3.63) is 89.2 Å². The normalized spacial score (nSPS) is 15.8. The first-order valence-corrected chi connectivity index (χ1v) is 9.98. The highest BCUT2D eigenvalue weighted by molar-refractivity contribution is 8.26. The number of benzene rings is 2. The highest BCUT2D eigenvalue weighted by Crippen LogP contribution is 2.34. The lowest BCUT2D eigenvalue weighted by Gasteiger charge is -2.10. The molecule has 2 aromatic carbocycles. The van der Waals surface area contributed by atoms with E-state index in [1.54, 1.807) is 23.1 Å². The number of carbonyl (C=O) groups excluding carboxylic acids is 1. The second-order valence-electron chi connectivity index (χ2n) is 6.44. The molecular weight excluding hydrogens is 391 g/mol. The molecule has 6 heteroatoms. The van der Waals surface area contributed by atoms with Crippen molar-refractivity contribution in [2.24, 2.45) is 0 Å². The topological polar surface area (TPSA) is 25.2 Å². The van der Waals surface area contributed by atoms with Gasteiger partial charge < -0.3 is 4.57 Å². The molecule has 0 N–H and O–H groups in total. The summed E-state index contributed by atoms with van der Waals surface area (Å²) in [6.45, 7) is 4.71. The minimum atomic E-state index is -0.247. The van der Waals surface area contributed by atoms with E-state index >= 15 is 0 Å². The van der Waals surface area contributed by atoms with Gasteiger partial charge in [0.1, 0.15) is 10.1 Å². The monoisotopic (exact) mass is 408 g/mol. The van der Waals surface area contributed by atoms with Crippen LogP contribution in [0.4, 0.5) is 4.39 Å². The number of thioether (sulfide) groups is 1. The first kappa shape index (κ1) is 18.7. The average molecular weight is 409 g/mol. The van der Waals surface area contributed by atoms with Gasteiger partial charge in [0.05, 0.1) is 4.91 Å². The molecule has 1 amide bonds. The zero-order valence-electron chi connectivity index (χ0n) is 15.0. The first-order chi connectivity index (χ1) is 13.6. The van der Waals surface area contributed by atoms with E-state index in [4.69, 9.17) is 12.2 Å². The van der Waals surface area contributed by atoms with E-state index < -0.39 is 0 Å². The van der Waals surface area contributed by atoms with Gasteiger partial charge in [-0.05, 0) is 29.8 Å². The molecule has 0 radical (unpaired) electrons. The molecule has 0 spiro atoms. The summed E-state index contributed by atoms with van der Waals surface area (Å²) in [6.07, 6.45) is 5.59. The minimum Gasteiger partial charge on any atom is -0.342 e. The van der Waals surface area contributed by atoms with Crippen molar-refractivity contribution in [2.75, 3.05) is 6.54 Å². The molecule has 0 saturated carbocycles. The van der Waals surface area contributed by atoms with Crippen LogP contribution in [-0.4, -0.2) is 26.2 Å². The molecule has 0 atom stereocenters. The number of aromatic nitrogens is 1. The maximum atomic E-state index is 13.2. The van der Waals surface area contributed by atoms with Crippen LogP contribution in [0.5, 0.6) is 0 Å². The predicted octanol–water partition coefficient (Wildman–Crippen LogP) is 5.22. The summed E-state index contributed by atoms with van der Waals surface area (Å²) in [4.78, 5) is 14.8. The lowest BCUT2D eigenvalue weighted by molar-refractivity contribution is -0.121. The number of para-hydroxylation sites is 1. The van der Waals surface area contributed by atoms with E-state index in [-0.39, 0.29) is 11.7 Å². The molecule has 0 unspecified atom stereocenters. The van der Waals surface area contributed by atoms with Gasteiger partial charge in [-0.3, -0.25) is 9.69 Å². The van der Waals surface area contributed by atoms with Crippen LogP contribution in [0.3, 0.4) is 0 Å². The minimum absolute atomic E-state index is 0.0923. The van der Waals surface area contributed by atoms with E-state index in [9.17, 15) is 9.18 Å². The Morgan fingerprint density at radius 2 is 1.89 bits per heavy atom. The van der Waals surface area contributed by atoms with Crippen LogP contribution in [0.15, 0.2) is 72.3 Å². The van der Waals surface area contributed by atoms with Crippen LogP contribution in [-0.2, 0) is 11.3 Å². The second kappa shape index (κ2) is 7.73. The van der Waals surface area contributed by atoms with Crippen LogP contribution in [0.1, 0.15) is 11.1 Å². The van der Waals surface area contributed by atoms with Gasteiger partial charge in [-0.2, -0.15) is 0 Å². The number of hydrogen-bond acceptors (Lipinski definition) is 3. The molecule has 3 nitrogen and oxygen atoms in total. The highest BCUT2D eigenvalue weighted by atomic mass is 32.2. The van der Waals surface area contributed by atoms with Gasteiger partial charge >= 0.3 is 0 Å². The molecule has 1 aliphatic heterocycles. The third-order valence-electron chi connectivity index (χ3n) is 4.56. The maximum Gasteiger partial charge on any atom is 0.266 e. The van der Waals surface area contributed by atoms with Crippen LogP contribution < -0.4 is 0 Å². The van der Waals surface area contributed by atoms with Crippen LogP contribution in [0.25, 0.3) is 17.0 Å². The smallest absolute Gasteiger partial charge is 0.266 e. The Bertz CT molecular complexity index is 1120. The Morgan fingerprint density at radius 1 is 1.14 bits per heavy atom. The second-order valence-corrected chi connectivity index (χ2v) is 8.11. The highest BCUT2D eigenvalue weighted by Gasteiger charge is 2.31. The Morgan fingerprint density at radius 3 is 2.64 bits per heavy atom. The molecule has 0 aliphatic carbocycles. The number of thiocarbonyl (C=S) groups is 1. The van der Waals surface area contributed by atoms with Crippen LogP contribution in [0.2, 0.25) is 0 Å². The van der Waals surface area contributed by atoms with Crippen LogP contribution >= 0.6 is 24.0 Å². The SMILES string of the molecule is C=CCN1C(=O)C(=Cc2cn(Cc3ccc(F)cc3)c3ccccc23)SC1=S. The lowest BCUT2D eigenvalue weighted by atomic mass is 10.1. The Balaban J connectivity index is 1.72. The Hall–Kier alpha value is -2.70. The summed E-state index contributed by atoms with van der Waals surface area (Å²) in [6, 6.07) is 14.5. The number of amides is 1. The zero-order chi connectivity index (χ0) is 19.7. The third-order valence-corrected chi connectivity index (χ3v) is 5.94. The molecule has 28 heavy (non-hydrogen) atoms. The van der Waals surface area contributed by atoms with E-state index in [0.29, 0.717) is 22.3 Å². The number of hydrogen-bond donors (Lipinski definition) is 0. The molecular formula is C22H17FN2OS2. The van der Waals surface area contributed by atoms with Gasteiger partial charge in [0.25, 0.3) is 5.91 Å². The maximum absolute atomic E-state index is 13.2. The van der Waals surface area contributed by atoms with E-state index in [1.165, 1.54) is 23.9 Å². The molecule has 3 aromatic rings. The van der Waals surface area contributed by atoms with Gasteiger partial charge in [0.15, 0.2) is 0 Å². The first-order valence-electron chi connectivity index (χ1n) is 8.75. The van der Waals surface area contributed by atoms with Gasteiger partial charge in [0, 0.05) is 35.8 Å². The van der Waals surface area contributed by atoms with Crippen molar-refractivity contribution in [3.63, 3.8) is 0 Å². The summed E-state index contributed by atoms with van der Waals surface area (Å²) in [5.41, 5.74) is 3.02. The zero-order valence-corrected chi connectivity index (χ0v) is 16.6. The number of halogens is 1. The fraction of sp³-hybridized carbons (Fsp3) is 0.0909. The van der Waals surface area contributed by atoms with Crippen molar-refractivity contribution in [1.82, 2.24) is 9.47 Å². The summed E-state index contributed by atoms with van der Waals surface area (Å²) in [5, 5.41) is 1.05. The Kier molecular flexibility index (Phi) is 5.15. The molecule has 0 bridgehead atoms. The summed E-state index contributed by atoms with van der Waals surface area (Å²) in [5.74, 6) is -0.339. The standard InChI is InChI=1S/C22H17FN2OS2/c1-2-11-25-21(26)20(28-22(25)27)12-16-14-24(19-6-4-3-5-18(16)19)13-15-7-9-17(23)10-8-15/h2-10,12,14H,1,11,13H2. The third kappa shape index (κ3) is 3.53. The number of fused-ring (bicyclic) bond motifs is 1. The van der Waals surface area contributed by atoms with Crippen molar-refractivity contribution >= 4 is 51.2 Å². The van der Waals surface area contributed by atoms with Gasteiger partial charge in [-0.1, -0.05) is 60.4 Å². The van der Waals surface area contributed by atoms with E-state index in [0.717, 1.165) is 22.0 Å². The molecule has 2 heterocycles. The van der Waals surface area contributed by atoms with Crippen molar-refractivity contribution in [2.45, 2.75) is 6.54 Å². The number of nitrogens with zero attached hydrogens (tertiary/aromatic N) is 2. The van der Waals surface area contributed by atoms with Gasteiger partial charge in [-0.15, -0.1) is 6.58 Å². The number of rotatable bonds is 5. The molecule has 4 rings (SSSR count). The van der Waals surface area contributed by atoms with E-state index in [1.807, 2.05) is 36.5 Å². The van der Waals surface area contributed by atoms with Crippen molar-refractivity contribution < 1.29 is 9.18 Å². The summed E-state index contributed by atoms with van der Waals surface area (Å²) < 4.78 is 15.9. The molecule has 1 aromatic heterocycles. The van der Waals surface area contributed by atoms with Crippen LogP contribution in [0, 0.1) is 5.82 Å². The fourth-order valence-electron chi connectivity index (χ4n) is 3.24. The predicted molar refractivity (Wildman–Crippen MR) is 118 cm³/mol.